The van der Waals surface area contributed by atoms with E-state index in [0.717, 1.165) is 16.1 Å². The first-order valence-corrected chi connectivity index (χ1v) is 10.3. The summed E-state index contributed by atoms with van der Waals surface area (Å²) in [5.74, 6) is -0.201. The van der Waals surface area contributed by atoms with Crippen molar-refractivity contribution >= 4 is 28.5 Å². The predicted octanol–water partition coefficient (Wildman–Crippen LogP) is 2.30. The lowest BCUT2D eigenvalue weighted by Gasteiger charge is -2.33. The Kier molecular flexibility index (Phi) is 4.76. The third kappa shape index (κ3) is 3.35. The third-order valence-electron chi connectivity index (χ3n) is 4.82. The standard InChI is InChI=1S/C22H16FN5OS/c23-17-9-3-1-6-15(17)13-30-22-26-21(29)19-16-8-2-4-10-18(16)25-20(28(19)27-22)14-7-5-11-24-12-14/h1-12,20H,13H2,(H,26,27,29)/t20-/m1/s1. The van der Waals surface area contributed by atoms with Crippen LogP contribution in [0.1, 0.15) is 17.3 Å². The van der Waals surface area contributed by atoms with E-state index in [1.165, 1.54) is 17.8 Å². The van der Waals surface area contributed by atoms with Crippen LogP contribution in [-0.2, 0) is 10.5 Å². The van der Waals surface area contributed by atoms with Crippen LogP contribution in [0.2, 0.25) is 0 Å². The van der Waals surface area contributed by atoms with Crippen molar-refractivity contribution in [3.05, 3.63) is 101 Å². The maximum absolute atomic E-state index is 14.0. The molecule has 0 unspecified atom stereocenters. The van der Waals surface area contributed by atoms with Gasteiger partial charge in [0.2, 0.25) is 0 Å². The van der Waals surface area contributed by atoms with E-state index in [1.807, 2.05) is 36.4 Å². The summed E-state index contributed by atoms with van der Waals surface area (Å²) < 4.78 is 14.0. The Balaban J connectivity index is 1.56. The zero-order chi connectivity index (χ0) is 20.5. The minimum atomic E-state index is -0.515. The Hall–Kier alpha value is -3.52. The number of aromatic nitrogens is 1. The molecule has 2 aliphatic heterocycles. The van der Waals surface area contributed by atoms with Crippen LogP contribution < -0.4 is 15.9 Å². The van der Waals surface area contributed by atoms with Crippen LogP contribution >= 0.6 is 11.8 Å². The van der Waals surface area contributed by atoms with Crippen molar-refractivity contribution in [2.45, 2.75) is 11.9 Å². The van der Waals surface area contributed by atoms with Crippen molar-refractivity contribution in [1.29, 1.82) is 0 Å². The van der Waals surface area contributed by atoms with E-state index in [0.29, 0.717) is 22.2 Å². The lowest BCUT2D eigenvalue weighted by Crippen LogP contribution is -2.50. The van der Waals surface area contributed by atoms with Gasteiger partial charge in [-0.3, -0.25) is 20.1 Å². The molecule has 5 rings (SSSR count). The Labute approximate surface area is 175 Å². The molecule has 30 heavy (non-hydrogen) atoms. The average Bonchev–Trinajstić information content (AvgIpc) is 2.78. The van der Waals surface area contributed by atoms with Crippen LogP contribution in [0.5, 0.6) is 0 Å². The minimum Gasteiger partial charge on any atom is -0.298 e. The van der Waals surface area contributed by atoms with Crippen LogP contribution in [0.15, 0.2) is 83.2 Å². The van der Waals surface area contributed by atoms with Crippen molar-refractivity contribution in [2.75, 3.05) is 0 Å². The number of amides is 1. The molecule has 148 valence electrons. The lowest BCUT2D eigenvalue weighted by atomic mass is 10.1. The topological polar surface area (TPSA) is 70.0 Å². The molecule has 2 aliphatic rings. The van der Waals surface area contributed by atoms with Gasteiger partial charge in [-0.15, -0.1) is 5.10 Å². The fourth-order valence-corrected chi connectivity index (χ4v) is 4.24. The Morgan fingerprint density at radius 1 is 1.07 bits per heavy atom. The number of nitrogens with zero attached hydrogens (tertiary/aromatic N) is 4. The summed E-state index contributed by atoms with van der Waals surface area (Å²) in [6.45, 7) is 0. The van der Waals surface area contributed by atoms with Crippen LogP contribution in [-0.4, -0.2) is 21.1 Å². The number of rotatable bonds is 3. The fourth-order valence-electron chi connectivity index (χ4n) is 3.40. The van der Waals surface area contributed by atoms with Crippen LogP contribution in [0.4, 0.5) is 4.39 Å². The molecule has 6 nitrogen and oxygen atoms in total. The van der Waals surface area contributed by atoms with E-state index in [4.69, 9.17) is 4.99 Å². The number of halogens is 1. The van der Waals surface area contributed by atoms with E-state index in [1.54, 1.807) is 35.6 Å². The Morgan fingerprint density at radius 3 is 2.73 bits per heavy atom. The molecule has 8 heteroatoms. The highest BCUT2D eigenvalue weighted by Gasteiger charge is 2.34. The van der Waals surface area contributed by atoms with E-state index in [9.17, 15) is 9.18 Å². The van der Waals surface area contributed by atoms with Gasteiger partial charge in [0.15, 0.2) is 11.3 Å². The first-order chi connectivity index (χ1) is 14.7. The molecule has 1 aromatic heterocycles. The number of pyridine rings is 1. The van der Waals surface area contributed by atoms with E-state index >= 15 is 0 Å². The average molecular weight is 417 g/mol. The molecule has 0 spiro atoms. The number of thioether (sulfide) groups is 1. The summed E-state index contributed by atoms with van der Waals surface area (Å²) in [6.07, 6.45) is 2.89. The molecular formula is C22H16FN5OS. The summed E-state index contributed by atoms with van der Waals surface area (Å²) in [6, 6.07) is 17.8. The van der Waals surface area contributed by atoms with Crippen LogP contribution in [0.3, 0.4) is 0 Å². The smallest absolute Gasteiger partial charge is 0.276 e. The number of carbonyl (C=O) groups excluding carboxylic acids is 1. The van der Waals surface area contributed by atoms with Crippen molar-refractivity contribution in [3.8, 4) is 0 Å². The largest absolute Gasteiger partial charge is 0.298 e. The molecule has 1 atom stereocenters. The second-order valence-corrected chi connectivity index (χ2v) is 7.70. The number of fused-ring (bicyclic) bond motifs is 2. The van der Waals surface area contributed by atoms with Crippen LogP contribution in [0, 0.1) is 5.82 Å². The van der Waals surface area contributed by atoms with E-state index in [-0.39, 0.29) is 11.7 Å². The van der Waals surface area contributed by atoms with Gasteiger partial charge in [-0.05, 0) is 23.8 Å². The summed E-state index contributed by atoms with van der Waals surface area (Å²) in [5.41, 5.74) is 1.80. The van der Waals surface area contributed by atoms with Gasteiger partial charge in [-0.2, -0.15) is 0 Å². The number of hydrazone groups is 1. The monoisotopic (exact) mass is 417 g/mol. The normalized spacial score (nSPS) is 17.4. The Morgan fingerprint density at radius 2 is 1.90 bits per heavy atom. The summed E-state index contributed by atoms with van der Waals surface area (Å²) in [5, 5.41) is 11.0. The van der Waals surface area contributed by atoms with Crippen molar-refractivity contribution in [3.63, 3.8) is 0 Å². The van der Waals surface area contributed by atoms with Gasteiger partial charge < -0.3 is 0 Å². The number of benzene rings is 2. The summed E-state index contributed by atoms with van der Waals surface area (Å²) >= 11 is 1.27. The highest BCUT2D eigenvalue weighted by atomic mass is 32.2. The van der Waals surface area contributed by atoms with Crippen LogP contribution in [0.25, 0.3) is 5.70 Å². The molecule has 0 bridgehead atoms. The lowest BCUT2D eigenvalue weighted by molar-refractivity contribution is -0.116. The number of para-hydroxylation sites is 1. The number of carbonyl (C=O) groups is 1. The molecule has 0 saturated carbocycles. The first kappa shape index (κ1) is 18.5. The molecule has 0 saturated heterocycles. The third-order valence-corrected chi connectivity index (χ3v) is 5.73. The van der Waals surface area contributed by atoms with Crippen molar-refractivity contribution < 1.29 is 9.18 Å². The van der Waals surface area contributed by atoms with Gasteiger partial charge in [-0.1, -0.05) is 54.2 Å². The summed E-state index contributed by atoms with van der Waals surface area (Å²) in [4.78, 5) is 22.0. The maximum Gasteiger partial charge on any atom is 0.276 e. The Bertz CT molecular complexity index is 1280. The van der Waals surface area contributed by atoms with Gasteiger partial charge in [0.1, 0.15) is 11.5 Å². The fraction of sp³-hybridized carbons (Fsp3) is 0.0909. The second kappa shape index (κ2) is 7.72. The van der Waals surface area contributed by atoms with Crippen molar-refractivity contribution in [1.82, 2.24) is 15.3 Å². The number of amidine groups is 1. The minimum absolute atomic E-state index is 0.266. The highest BCUT2D eigenvalue weighted by Crippen LogP contribution is 2.30. The second-order valence-electron chi connectivity index (χ2n) is 6.74. The predicted molar refractivity (Wildman–Crippen MR) is 113 cm³/mol. The molecule has 1 amide bonds. The number of hydrogen-bond donors (Lipinski definition) is 1. The molecule has 1 N–H and O–H groups in total. The SMILES string of the molecule is O=C1NC(SCc2ccccc2F)=NN2C1=c1ccccc1=N[C@H]2c1cccnc1. The van der Waals surface area contributed by atoms with E-state index < -0.39 is 6.17 Å². The van der Waals surface area contributed by atoms with Gasteiger partial charge in [0.25, 0.3) is 5.91 Å². The zero-order valence-electron chi connectivity index (χ0n) is 15.7. The highest BCUT2D eigenvalue weighted by molar-refractivity contribution is 8.13. The molecule has 2 aromatic carbocycles. The maximum atomic E-state index is 14.0. The van der Waals surface area contributed by atoms with Gasteiger partial charge in [0, 0.05) is 28.9 Å². The van der Waals surface area contributed by atoms with Gasteiger partial charge >= 0.3 is 0 Å². The molecular weight excluding hydrogens is 401 g/mol. The quantitative estimate of drug-likeness (QED) is 0.710. The van der Waals surface area contributed by atoms with E-state index in [2.05, 4.69) is 15.4 Å². The zero-order valence-corrected chi connectivity index (χ0v) is 16.5. The van der Waals surface area contributed by atoms with Crippen molar-refractivity contribution in [2.24, 2.45) is 10.1 Å². The molecule has 3 heterocycles. The van der Waals surface area contributed by atoms with Gasteiger partial charge in [-0.25, -0.2) is 9.40 Å². The molecule has 0 fully saturated rings. The molecule has 0 aliphatic carbocycles. The number of nitrogens with one attached hydrogen (secondary N) is 1. The molecule has 3 aromatic rings. The first-order valence-electron chi connectivity index (χ1n) is 9.33. The number of hydrogen-bond acceptors (Lipinski definition) is 6. The molecule has 0 radical (unpaired) electrons. The summed E-state index contributed by atoms with van der Waals surface area (Å²) in [7, 11) is 0. The van der Waals surface area contributed by atoms with Gasteiger partial charge in [0.05, 0.1) is 5.36 Å².